The molecule has 0 amide bonds. The number of halogens is 1. The van der Waals surface area contributed by atoms with E-state index < -0.39 is 0 Å². The van der Waals surface area contributed by atoms with Gasteiger partial charge in [-0.2, -0.15) is 0 Å². The van der Waals surface area contributed by atoms with Crippen molar-refractivity contribution in [2.45, 2.75) is 39.0 Å². The zero-order valence-corrected chi connectivity index (χ0v) is 14.8. The second-order valence-corrected chi connectivity index (χ2v) is 5.33. The zero-order valence-electron chi connectivity index (χ0n) is 13.1. The first-order chi connectivity index (χ1) is 9.83. The number of methoxy groups -OCH3 is 1. The lowest BCUT2D eigenvalue weighted by Gasteiger charge is -2.21. The minimum absolute atomic E-state index is 0. The van der Waals surface area contributed by atoms with Crippen LogP contribution in [0.5, 0.6) is 5.75 Å². The minimum Gasteiger partial charge on any atom is -0.497 e. The number of rotatable bonds is 8. The Kier molecular flexibility index (Phi) is 8.28. The molecule has 0 spiro atoms. The molecule has 1 aromatic carbocycles. The fourth-order valence-electron chi connectivity index (χ4n) is 2.47. The fourth-order valence-corrected chi connectivity index (χ4v) is 2.47. The largest absolute Gasteiger partial charge is 0.497 e. The van der Waals surface area contributed by atoms with Gasteiger partial charge in [-0.15, -0.1) is 17.0 Å². The number of nitrogens with zero attached hydrogens (tertiary/aromatic N) is 2. The lowest BCUT2D eigenvalue weighted by atomic mass is 10.1. The molecule has 1 aliphatic heterocycles. The molecule has 21 heavy (non-hydrogen) atoms. The van der Waals surface area contributed by atoms with Crippen LogP contribution in [0.15, 0.2) is 36.7 Å². The molecule has 0 fully saturated rings. The number of unbranched alkanes of at least 4 members (excludes halogenated alkanes) is 4. The Bertz CT molecular complexity index is 419. The molecule has 0 aliphatic carbocycles. The average molecular weight is 355 g/mol. The Morgan fingerprint density at radius 1 is 1.00 bits per heavy atom. The normalized spacial score (nSPS) is 13.4. The van der Waals surface area contributed by atoms with E-state index in [4.69, 9.17) is 4.74 Å². The molecule has 1 heterocycles. The summed E-state index contributed by atoms with van der Waals surface area (Å²) in [6.45, 7) is 4.38. The molecule has 0 atom stereocenters. The number of anilines is 1. The maximum Gasteiger partial charge on any atom is 0.119 e. The highest BCUT2D eigenvalue weighted by atomic mass is 79.9. The van der Waals surface area contributed by atoms with Crippen molar-refractivity contribution in [2.24, 2.45) is 0 Å². The monoisotopic (exact) mass is 354 g/mol. The summed E-state index contributed by atoms with van der Waals surface area (Å²) in [5, 5.41) is 0. The maximum absolute atomic E-state index is 5.19. The third-order valence-corrected chi connectivity index (χ3v) is 3.74. The number of hydrogen-bond acceptors (Lipinski definition) is 3. The van der Waals surface area contributed by atoms with Crippen LogP contribution in [0.3, 0.4) is 0 Å². The second-order valence-electron chi connectivity index (χ2n) is 5.33. The topological polar surface area (TPSA) is 15.7 Å². The fraction of sp³-hybridized carbons (Fsp3) is 0.529. The van der Waals surface area contributed by atoms with Crippen molar-refractivity contribution >= 4 is 22.7 Å². The predicted molar refractivity (Wildman–Crippen MR) is 95.3 cm³/mol. The molecule has 0 bridgehead atoms. The Hall–Kier alpha value is -1.16. The second kappa shape index (κ2) is 9.72. The minimum atomic E-state index is 0. The molecule has 1 aromatic rings. The quantitative estimate of drug-likeness (QED) is 0.624. The molecular formula is C17H27BrN2O. The van der Waals surface area contributed by atoms with Crippen molar-refractivity contribution in [2.75, 3.05) is 25.2 Å². The number of benzene rings is 1. The Balaban J connectivity index is 0.00000220. The van der Waals surface area contributed by atoms with Crippen LogP contribution < -0.4 is 9.64 Å². The summed E-state index contributed by atoms with van der Waals surface area (Å²) < 4.78 is 5.19. The zero-order chi connectivity index (χ0) is 14.2. The third-order valence-electron chi connectivity index (χ3n) is 3.74. The summed E-state index contributed by atoms with van der Waals surface area (Å²) >= 11 is 0. The van der Waals surface area contributed by atoms with Gasteiger partial charge in [-0.3, -0.25) is 0 Å². The molecule has 2 rings (SSSR count). The van der Waals surface area contributed by atoms with E-state index in [-0.39, 0.29) is 17.0 Å². The van der Waals surface area contributed by atoms with Crippen LogP contribution in [-0.4, -0.2) is 25.2 Å². The summed E-state index contributed by atoms with van der Waals surface area (Å²) in [6.07, 6.45) is 11.1. The van der Waals surface area contributed by atoms with Gasteiger partial charge in [0.1, 0.15) is 5.75 Å². The van der Waals surface area contributed by atoms with Crippen LogP contribution in [0.2, 0.25) is 0 Å². The van der Waals surface area contributed by atoms with Crippen molar-refractivity contribution in [3.63, 3.8) is 0 Å². The number of ether oxygens (including phenoxy) is 1. The highest BCUT2D eigenvalue weighted by Crippen LogP contribution is 2.22. The lowest BCUT2D eigenvalue weighted by molar-refractivity contribution is 0.388. The third kappa shape index (κ3) is 5.62. The molecule has 0 N–H and O–H groups in total. The molecule has 4 heteroatoms. The molecule has 1 aliphatic rings. The van der Waals surface area contributed by atoms with E-state index in [9.17, 15) is 0 Å². The van der Waals surface area contributed by atoms with Gasteiger partial charge in [-0.25, -0.2) is 0 Å². The van der Waals surface area contributed by atoms with Gasteiger partial charge >= 0.3 is 0 Å². The van der Waals surface area contributed by atoms with E-state index in [0.717, 1.165) is 19.0 Å². The summed E-state index contributed by atoms with van der Waals surface area (Å²) in [7, 11) is 1.70. The first kappa shape index (κ1) is 17.9. The summed E-state index contributed by atoms with van der Waals surface area (Å²) in [5.74, 6) is 0.907. The van der Waals surface area contributed by atoms with Gasteiger partial charge in [0, 0.05) is 24.6 Å². The highest BCUT2D eigenvalue weighted by Gasteiger charge is 2.13. The van der Waals surface area contributed by atoms with E-state index in [2.05, 4.69) is 41.3 Å². The lowest BCUT2D eigenvalue weighted by Crippen LogP contribution is -2.25. The van der Waals surface area contributed by atoms with Gasteiger partial charge in [0.15, 0.2) is 0 Å². The summed E-state index contributed by atoms with van der Waals surface area (Å²) in [6, 6.07) is 8.23. The van der Waals surface area contributed by atoms with Crippen molar-refractivity contribution in [1.29, 1.82) is 0 Å². The van der Waals surface area contributed by atoms with Crippen LogP contribution >= 0.6 is 17.0 Å². The maximum atomic E-state index is 5.19. The standard InChI is InChI=1S/C17H26N2O.BrH/c1-3-4-5-6-7-12-18-13-14-19(15-18)16-8-10-17(20-2)11-9-16;/h8-11,13-14H,3-7,12,15H2,1-2H3;1H. The van der Waals surface area contributed by atoms with Gasteiger partial charge in [-0.1, -0.05) is 32.6 Å². The highest BCUT2D eigenvalue weighted by molar-refractivity contribution is 8.93. The van der Waals surface area contributed by atoms with Crippen LogP contribution in [-0.2, 0) is 0 Å². The van der Waals surface area contributed by atoms with Crippen LogP contribution in [0.1, 0.15) is 39.0 Å². The Morgan fingerprint density at radius 2 is 1.71 bits per heavy atom. The van der Waals surface area contributed by atoms with E-state index in [1.807, 2.05) is 12.1 Å². The van der Waals surface area contributed by atoms with Crippen LogP contribution in [0.25, 0.3) is 0 Å². The first-order valence-electron chi connectivity index (χ1n) is 7.66. The van der Waals surface area contributed by atoms with E-state index in [1.165, 1.54) is 37.8 Å². The van der Waals surface area contributed by atoms with E-state index >= 15 is 0 Å². The van der Waals surface area contributed by atoms with Crippen molar-refractivity contribution in [1.82, 2.24) is 4.90 Å². The van der Waals surface area contributed by atoms with Gasteiger partial charge in [-0.05, 0) is 30.7 Å². The smallest absolute Gasteiger partial charge is 0.119 e. The van der Waals surface area contributed by atoms with Gasteiger partial charge in [0.25, 0.3) is 0 Å². The molecular weight excluding hydrogens is 328 g/mol. The van der Waals surface area contributed by atoms with Gasteiger partial charge in [0.2, 0.25) is 0 Å². The van der Waals surface area contributed by atoms with Crippen molar-refractivity contribution in [3.8, 4) is 5.75 Å². The van der Waals surface area contributed by atoms with E-state index in [0.29, 0.717) is 0 Å². The molecule has 3 nitrogen and oxygen atoms in total. The van der Waals surface area contributed by atoms with Crippen molar-refractivity contribution in [3.05, 3.63) is 36.7 Å². The molecule has 0 radical (unpaired) electrons. The van der Waals surface area contributed by atoms with Gasteiger partial charge in [0.05, 0.1) is 13.8 Å². The summed E-state index contributed by atoms with van der Waals surface area (Å²) in [5.41, 5.74) is 1.22. The average Bonchev–Trinajstić information content (AvgIpc) is 2.96. The molecule has 0 saturated carbocycles. The van der Waals surface area contributed by atoms with Crippen molar-refractivity contribution < 1.29 is 4.74 Å². The SMILES string of the molecule is Br.CCCCCCCN1C=CN(c2ccc(OC)cc2)C1. The molecule has 118 valence electrons. The van der Waals surface area contributed by atoms with Crippen LogP contribution in [0.4, 0.5) is 5.69 Å². The van der Waals surface area contributed by atoms with E-state index in [1.54, 1.807) is 7.11 Å². The molecule has 0 saturated heterocycles. The Morgan fingerprint density at radius 3 is 2.38 bits per heavy atom. The number of hydrogen-bond donors (Lipinski definition) is 0. The first-order valence-corrected chi connectivity index (χ1v) is 7.66. The summed E-state index contributed by atoms with van der Waals surface area (Å²) in [4.78, 5) is 4.65. The Labute approximate surface area is 139 Å². The van der Waals surface area contributed by atoms with Gasteiger partial charge < -0.3 is 14.5 Å². The molecule has 0 aromatic heterocycles. The predicted octanol–water partition coefficient (Wildman–Crippen LogP) is 4.79. The van der Waals surface area contributed by atoms with Crippen LogP contribution in [0, 0.1) is 0 Å². The molecule has 0 unspecified atom stereocenters.